The van der Waals surface area contributed by atoms with Crippen molar-refractivity contribution in [3.8, 4) is 0 Å². The highest BCUT2D eigenvalue weighted by molar-refractivity contribution is 8.06. The first-order chi connectivity index (χ1) is 10.3. The second-order valence-corrected chi connectivity index (χ2v) is 10.4. The molecule has 3 heterocycles. The summed E-state index contributed by atoms with van der Waals surface area (Å²) in [7, 11) is 0.595. The van der Waals surface area contributed by atoms with Crippen LogP contribution in [-0.2, 0) is 21.8 Å². The Balaban J connectivity index is 1.89. The summed E-state index contributed by atoms with van der Waals surface area (Å²) in [5.41, 5.74) is 0. The third kappa shape index (κ3) is 1.99. The minimum Gasteiger partial charge on any atom is -0.0654 e. The molecule has 0 nitrogen and oxygen atoms in total. The summed E-state index contributed by atoms with van der Waals surface area (Å²) >= 11 is 0. The monoisotopic (exact) mass is 314 g/mol. The van der Waals surface area contributed by atoms with Gasteiger partial charge in [0.15, 0.2) is 10.5 Å². The van der Waals surface area contributed by atoms with Gasteiger partial charge < -0.3 is 0 Å². The van der Waals surface area contributed by atoms with E-state index in [-0.39, 0.29) is 0 Å². The number of benzene rings is 2. The van der Waals surface area contributed by atoms with Crippen LogP contribution in [0.25, 0.3) is 0 Å². The van der Waals surface area contributed by atoms with Gasteiger partial charge in [0, 0.05) is 6.42 Å². The van der Waals surface area contributed by atoms with Crippen molar-refractivity contribution in [2.75, 3.05) is 0 Å². The molecule has 2 aromatic carbocycles. The van der Waals surface area contributed by atoms with Crippen LogP contribution >= 0.6 is 0 Å². The normalized spacial score (nSPS) is 29.0. The lowest BCUT2D eigenvalue weighted by Gasteiger charge is -2.34. The zero-order chi connectivity index (χ0) is 14.4. The first-order valence-electron chi connectivity index (χ1n) is 7.97. The first-order valence-corrected chi connectivity index (χ1v) is 10.5. The van der Waals surface area contributed by atoms with Crippen molar-refractivity contribution in [2.24, 2.45) is 0 Å². The predicted octanol–water partition coefficient (Wildman–Crippen LogP) is 5.03. The summed E-state index contributed by atoms with van der Waals surface area (Å²) in [6.45, 7) is 4.83. The Labute approximate surface area is 133 Å². The standard InChI is InChI=1S/C19H22S2/c1-3-4-9-15-14(2)20-16-10-5-7-12-18(16)21(15)19-13-8-6-11-17(19)20/h5-8,10-15H,3-4,9H2,1-2H3/q+2/t14-,15+,20?,21?/m0/s1. The van der Waals surface area contributed by atoms with Crippen molar-refractivity contribution >= 4 is 21.8 Å². The van der Waals surface area contributed by atoms with Crippen LogP contribution in [0.5, 0.6) is 0 Å². The van der Waals surface area contributed by atoms with E-state index in [1.54, 1.807) is 19.6 Å². The topological polar surface area (TPSA) is 0 Å². The molecule has 3 aliphatic rings. The van der Waals surface area contributed by atoms with Crippen LogP contribution in [0.4, 0.5) is 0 Å². The minimum absolute atomic E-state index is 0.293. The molecule has 2 heteroatoms. The molecule has 0 unspecified atom stereocenters. The zero-order valence-electron chi connectivity index (χ0n) is 12.7. The molecule has 0 saturated carbocycles. The summed E-state index contributed by atoms with van der Waals surface area (Å²) in [5, 5.41) is 1.67. The predicted molar refractivity (Wildman–Crippen MR) is 93.5 cm³/mol. The van der Waals surface area contributed by atoms with Crippen LogP contribution in [-0.4, -0.2) is 10.5 Å². The SMILES string of the molecule is CCCC[C@@H]1[C@H](C)[S+]2c3ccccc3[S+]1c1ccccc12. The number of unbranched alkanes of at least 4 members (excludes halogenated alkanes) is 1. The molecule has 0 aliphatic carbocycles. The van der Waals surface area contributed by atoms with E-state index in [2.05, 4.69) is 62.4 Å². The molecule has 2 aromatic rings. The smallest absolute Gasteiger partial charge is 0.0654 e. The van der Waals surface area contributed by atoms with E-state index in [0.717, 1.165) is 10.5 Å². The van der Waals surface area contributed by atoms with E-state index < -0.39 is 0 Å². The van der Waals surface area contributed by atoms with Crippen LogP contribution < -0.4 is 0 Å². The quantitative estimate of drug-likeness (QED) is 0.697. The maximum atomic E-state index is 2.51. The van der Waals surface area contributed by atoms with Crippen LogP contribution in [0.1, 0.15) is 33.1 Å². The molecular weight excluding hydrogens is 292 g/mol. The molecule has 5 rings (SSSR count). The van der Waals surface area contributed by atoms with Gasteiger partial charge in [-0.25, -0.2) is 0 Å². The van der Waals surface area contributed by atoms with Crippen molar-refractivity contribution in [1.82, 2.24) is 0 Å². The highest BCUT2D eigenvalue weighted by Crippen LogP contribution is 2.53. The third-order valence-corrected chi connectivity index (χ3v) is 10.8. The third-order valence-electron chi connectivity index (χ3n) is 4.69. The van der Waals surface area contributed by atoms with Gasteiger partial charge in [0.1, 0.15) is 0 Å². The number of rotatable bonds is 3. The highest BCUT2D eigenvalue weighted by atomic mass is 32.2. The lowest BCUT2D eigenvalue weighted by molar-refractivity contribution is 0.659. The van der Waals surface area contributed by atoms with Crippen molar-refractivity contribution in [3.05, 3.63) is 48.5 Å². The molecule has 0 amide bonds. The lowest BCUT2D eigenvalue weighted by atomic mass is 10.1. The molecule has 0 N–H and O–H groups in total. The Kier molecular flexibility index (Phi) is 3.55. The van der Waals surface area contributed by atoms with Crippen molar-refractivity contribution < 1.29 is 0 Å². The number of hydrogen-bond acceptors (Lipinski definition) is 0. The molecule has 2 bridgehead atoms. The van der Waals surface area contributed by atoms with E-state index >= 15 is 0 Å². The summed E-state index contributed by atoms with van der Waals surface area (Å²) in [6, 6.07) is 18.5. The van der Waals surface area contributed by atoms with Gasteiger partial charge in [0.2, 0.25) is 19.6 Å². The second-order valence-electron chi connectivity index (χ2n) is 5.95. The number of hydrogen-bond donors (Lipinski definition) is 0. The van der Waals surface area contributed by atoms with Crippen molar-refractivity contribution in [2.45, 2.75) is 63.2 Å². The van der Waals surface area contributed by atoms with Crippen molar-refractivity contribution in [1.29, 1.82) is 0 Å². The van der Waals surface area contributed by atoms with E-state index in [4.69, 9.17) is 0 Å². The summed E-state index contributed by atoms with van der Waals surface area (Å²) in [4.78, 5) is 6.58. The maximum Gasteiger partial charge on any atom is 0.216 e. The fraction of sp³-hybridized carbons (Fsp3) is 0.368. The van der Waals surface area contributed by atoms with Gasteiger partial charge in [-0.3, -0.25) is 0 Å². The van der Waals surface area contributed by atoms with Gasteiger partial charge in [0.25, 0.3) is 0 Å². The van der Waals surface area contributed by atoms with Crippen LogP contribution in [0.3, 0.4) is 0 Å². The molecule has 0 radical (unpaired) electrons. The van der Waals surface area contributed by atoms with Crippen LogP contribution in [0, 0.1) is 0 Å². The highest BCUT2D eigenvalue weighted by Gasteiger charge is 2.63. The molecule has 0 aromatic heterocycles. The van der Waals surface area contributed by atoms with Crippen LogP contribution in [0.2, 0.25) is 0 Å². The van der Waals surface area contributed by atoms with Crippen molar-refractivity contribution in [3.63, 3.8) is 0 Å². The van der Waals surface area contributed by atoms with E-state index in [9.17, 15) is 0 Å². The molecule has 3 aliphatic heterocycles. The van der Waals surface area contributed by atoms with Crippen LogP contribution in [0.15, 0.2) is 68.1 Å². The Morgan fingerprint density at radius 2 is 1.29 bits per heavy atom. The first kappa shape index (κ1) is 13.8. The molecule has 0 spiro atoms. The molecule has 2 atom stereocenters. The van der Waals surface area contributed by atoms with Gasteiger partial charge in [-0.15, -0.1) is 0 Å². The average molecular weight is 315 g/mol. The van der Waals surface area contributed by atoms with Gasteiger partial charge in [-0.05, 0) is 37.6 Å². The molecule has 108 valence electrons. The maximum absolute atomic E-state index is 2.51. The molecule has 0 saturated heterocycles. The Morgan fingerprint density at radius 3 is 1.76 bits per heavy atom. The number of fused-ring (bicyclic) bond motifs is 1. The Hall–Kier alpha value is -0.860. The molecule has 21 heavy (non-hydrogen) atoms. The molecular formula is C19H22S2+2. The van der Waals surface area contributed by atoms with E-state index in [1.807, 2.05) is 0 Å². The van der Waals surface area contributed by atoms with Gasteiger partial charge in [0.05, 0.1) is 21.8 Å². The van der Waals surface area contributed by atoms with Gasteiger partial charge in [-0.1, -0.05) is 37.6 Å². The van der Waals surface area contributed by atoms with E-state index in [0.29, 0.717) is 21.8 Å². The Morgan fingerprint density at radius 1 is 0.810 bits per heavy atom. The lowest BCUT2D eigenvalue weighted by Crippen LogP contribution is -2.47. The van der Waals surface area contributed by atoms with Gasteiger partial charge in [-0.2, -0.15) is 0 Å². The fourth-order valence-corrected chi connectivity index (χ4v) is 10.6. The van der Waals surface area contributed by atoms with Gasteiger partial charge >= 0.3 is 0 Å². The second kappa shape index (κ2) is 5.40. The summed E-state index contributed by atoms with van der Waals surface area (Å²) < 4.78 is 0. The fourth-order valence-electron chi connectivity index (χ4n) is 3.69. The summed E-state index contributed by atoms with van der Waals surface area (Å²) in [6.07, 6.45) is 4.09. The van der Waals surface area contributed by atoms with E-state index in [1.165, 1.54) is 19.3 Å². The zero-order valence-corrected chi connectivity index (χ0v) is 14.3. The molecule has 0 fully saturated rings. The summed E-state index contributed by atoms with van der Waals surface area (Å²) in [5.74, 6) is 0. The Bertz CT molecular complexity index is 617. The largest absolute Gasteiger partial charge is 0.216 e. The average Bonchev–Trinajstić information content (AvgIpc) is 2.54. The minimum atomic E-state index is 0.293.